The van der Waals surface area contributed by atoms with E-state index >= 15 is 0 Å². The van der Waals surface area contributed by atoms with Gasteiger partial charge >= 0.3 is 11.9 Å². The number of benzene rings is 1. The monoisotopic (exact) mass is 396 g/mol. The van der Waals surface area contributed by atoms with Gasteiger partial charge in [0.2, 0.25) is 0 Å². The van der Waals surface area contributed by atoms with Gasteiger partial charge in [-0.25, -0.2) is 4.79 Å². The lowest BCUT2D eigenvalue weighted by atomic mass is 10.0. The Labute approximate surface area is 157 Å². The van der Waals surface area contributed by atoms with Crippen LogP contribution in [0.4, 0.5) is 19.0 Å². The summed E-state index contributed by atoms with van der Waals surface area (Å²) in [6, 6.07) is 4.25. The number of halogens is 3. The maximum Gasteiger partial charge on any atom is 0.416 e. The average Bonchev–Trinajstić information content (AvgIpc) is 3.08. The molecule has 0 saturated carbocycles. The normalized spacial score (nSPS) is 17.0. The third-order valence-electron chi connectivity index (χ3n) is 4.60. The lowest BCUT2D eigenvalue weighted by Crippen LogP contribution is -2.38. The fourth-order valence-electron chi connectivity index (χ4n) is 3.18. The number of H-pyrrole nitrogens is 2. The number of alkyl halides is 3. The van der Waals surface area contributed by atoms with E-state index in [4.69, 9.17) is 0 Å². The van der Waals surface area contributed by atoms with Crippen LogP contribution in [0.3, 0.4) is 0 Å². The molecular formula is C18H19F3N4O3. The maximum atomic E-state index is 13.1. The van der Waals surface area contributed by atoms with Crippen molar-refractivity contribution >= 4 is 11.7 Å². The summed E-state index contributed by atoms with van der Waals surface area (Å²) in [5.74, 6) is -0.259. The van der Waals surface area contributed by atoms with Crippen LogP contribution >= 0.6 is 0 Å². The lowest BCUT2D eigenvalue weighted by Gasteiger charge is -2.18. The molecule has 2 heterocycles. The predicted molar refractivity (Wildman–Crippen MR) is 96.6 cm³/mol. The summed E-state index contributed by atoms with van der Waals surface area (Å²) in [4.78, 5) is 41.6. The van der Waals surface area contributed by atoms with Crippen LogP contribution in [0.15, 0.2) is 33.9 Å². The number of rotatable bonds is 4. The van der Waals surface area contributed by atoms with E-state index in [2.05, 4.69) is 15.3 Å². The molecule has 0 spiro atoms. The Morgan fingerprint density at radius 2 is 1.96 bits per heavy atom. The second-order valence-corrected chi connectivity index (χ2v) is 6.65. The van der Waals surface area contributed by atoms with Gasteiger partial charge in [-0.2, -0.15) is 13.2 Å². The summed E-state index contributed by atoms with van der Waals surface area (Å²) in [6.07, 6.45) is -3.63. The van der Waals surface area contributed by atoms with Crippen LogP contribution in [0, 0.1) is 0 Å². The highest BCUT2D eigenvalue weighted by molar-refractivity contribution is 5.95. The number of anilines is 1. The van der Waals surface area contributed by atoms with E-state index in [0.29, 0.717) is 37.3 Å². The number of carbonyl (C=O) groups excluding carboxylic acids is 1. The third-order valence-corrected chi connectivity index (χ3v) is 4.60. The van der Waals surface area contributed by atoms with Crippen LogP contribution in [0.5, 0.6) is 0 Å². The van der Waals surface area contributed by atoms with Crippen LogP contribution in [0.25, 0.3) is 0 Å². The van der Waals surface area contributed by atoms with Crippen molar-refractivity contribution in [1.29, 1.82) is 0 Å². The van der Waals surface area contributed by atoms with Gasteiger partial charge in [-0.15, -0.1) is 0 Å². The number of nitrogens with one attached hydrogen (secondary N) is 3. The summed E-state index contributed by atoms with van der Waals surface area (Å²) in [5, 5.41) is 2.73. The molecule has 150 valence electrons. The smallest absolute Gasteiger partial charge is 0.356 e. The first-order valence-electron chi connectivity index (χ1n) is 8.76. The van der Waals surface area contributed by atoms with E-state index in [-0.39, 0.29) is 11.6 Å². The first-order valence-corrected chi connectivity index (χ1v) is 8.76. The Bertz CT molecular complexity index is 968. The van der Waals surface area contributed by atoms with Gasteiger partial charge in [-0.3, -0.25) is 19.6 Å². The maximum absolute atomic E-state index is 13.1. The number of aromatic nitrogens is 2. The van der Waals surface area contributed by atoms with Gasteiger partial charge in [0.05, 0.1) is 5.56 Å². The molecule has 1 saturated heterocycles. The second kappa shape index (κ2) is 7.53. The van der Waals surface area contributed by atoms with Crippen molar-refractivity contribution in [2.24, 2.45) is 0 Å². The average molecular weight is 396 g/mol. The predicted octanol–water partition coefficient (Wildman–Crippen LogP) is 1.65. The van der Waals surface area contributed by atoms with Gasteiger partial charge in [0, 0.05) is 30.8 Å². The van der Waals surface area contributed by atoms with Crippen molar-refractivity contribution < 1.29 is 18.0 Å². The first-order chi connectivity index (χ1) is 13.2. The topological polar surface area (TPSA) is 98.1 Å². The highest BCUT2D eigenvalue weighted by Gasteiger charge is 2.32. The SMILES string of the molecule is CCc1cc(C(=O)N[C@@H]2CCN(c3cc(=O)[nH]c(=O)[nH]3)C2)cc(C(F)(F)F)c1. The van der Waals surface area contributed by atoms with Crippen molar-refractivity contribution in [3.05, 3.63) is 61.8 Å². The van der Waals surface area contributed by atoms with Gasteiger partial charge in [0.15, 0.2) is 0 Å². The van der Waals surface area contributed by atoms with Crippen LogP contribution < -0.4 is 21.5 Å². The quantitative estimate of drug-likeness (QED) is 0.732. The highest BCUT2D eigenvalue weighted by atomic mass is 19.4. The molecule has 1 atom stereocenters. The number of aryl methyl sites for hydroxylation is 1. The molecule has 2 aromatic rings. The molecule has 1 aromatic carbocycles. The summed E-state index contributed by atoms with van der Waals surface area (Å²) in [7, 11) is 0. The van der Waals surface area contributed by atoms with Gasteiger partial charge in [-0.05, 0) is 36.6 Å². The van der Waals surface area contributed by atoms with Crippen molar-refractivity contribution in [3.8, 4) is 0 Å². The lowest BCUT2D eigenvalue weighted by molar-refractivity contribution is -0.137. The van der Waals surface area contributed by atoms with Gasteiger partial charge in [0.1, 0.15) is 5.82 Å². The van der Waals surface area contributed by atoms with E-state index in [1.165, 1.54) is 12.1 Å². The fraction of sp³-hybridized carbons (Fsp3) is 0.389. The van der Waals surface area contributed by atoms with Crippen molar-refractivity contribution in [2.45, 2.75) is 32.0 Å². The molecular weight excluding hydrogens is 377 g/mol. The molecule has 10 heteroatoms. The van der Waals surface area contributed by atoms with E-state index in [1.54, 1.807) is 11.8 Å². The Hall–Kier alpha value is -3.04. The first kappa shape index (κ1) is 19.7. The zero-order valence-electron chi connectivity index (χ0n) is 15.0. The Morgan fingerprint density at radius 3 is 2.61 bits per heavy atom. The number of hydrogen-bond donors (Lipinski definition) is 3. The number of amides is 1. The number of nitrogens with zero attached hydrogens (tertiary/aromatic N) is 1. The van der Waals surface area contributed by atoms with E-state index in [0.717, 1.165) is 12.1 Å². The summed E-state index contributed by atoms with van der Waals surface area (Å²) in [5.41, 5.74) is -1.65. The summed E-state index contributed by atoms with van der Waals surface area (Å²) < 4.78 is 39.2. The standard InChI is InChI=1S/C18H19F3N4O3/c1-2-10-5-11(7-12(6-10)18(19,20)21)16(27)22-13-3-4-25(9-13)14-8-15(26)24-17(28)23-14/h5-8,13H,2-4,9H2,1H3,(H,22,27)(H2,23,24,26,28)/t13-/m1/s1. The van der Waals surface area contributed by atoms with E-state index in [9.17, 15) is 27.6 Å². The molecule has 0 radical (unpaired) electrons. The molecule has 7 nitrogen and oxygen atoms in total. The van der Waals surface area contributed by atoms with Gasteiger partial charge < -0.3 is 10.2 Å². The largest absolute Gasteiger partial charge is 0.416 e. The van der Waals surface area contributed by atoms with Gasteiger partial charge in [-0.1, -0.05) is 6.92 Å². The molecule has 0 aliphatic carbocycles. The highest BCUT2D eigenvalue weighted by Crippen LogP contribution is 2.31. The minimum atomic E-state index is -4.53. The third kappa shape index (κ3) is 4.44. The summed E-state index contributed by atoms with van der Waals surface area (Å²) in [6.45, 7) is 2.52. The molecule has 1 aliphatic heterocycles. The molecule has 1 aromatic heterocycles. The molecule has 3 N–H and O–H groups in total. The van der Waals surface area contributed by atoms with Crippen LogP contribution in [0.2, 0.25) is 0 Å². The molecule has 1 amide bonds. The number of aromatic amines is 2. The Morgan fingerprint density at radius 1 is 1.21 bits per heavy atom. The van der Waals surface area contributed by atoms with Crippen LogP contribution in [0.1, 0.15) is 34.8 Å². The Balaban J connectivity index is 1.73. The molecule has 3 rings (SSSR count). The van der Waals surface area contributed by atoms with E-state index < -0.39 is 28.9 Å². The van der Waals surface area contributed by atoms with Crippen molar-refractivity contribution in [3.63, 3.8) is 0 Å². The fourth-order valence-corrected chi connectivity index (χ4v) is 3.18. The molecule has 1 aliphatic rings. The zero-order valence-corrected chi connectivity index (χ0v) is 15.0. The molecule has 0 bridgehead atoms. The minimum absolute atomic E-state index is 0.0466. The second-order valence-electron chi connectivity index (χ2n) is 6.65. The van der Waals surface area contributed by atoms with Gasteiger partial charge in [0.25, 0.3) is 11.5 Å². The minimum Gasteiger partial charge on any atom is -0.356 e. The Kier molecular flexibility index (Phi) is 5.30. The number of carbonyl (C=O) groups is 1. The van der Waals surface area contributed by atoms with Crippen molar-refractivity contribution in [2.75, 3.05) is 18.0 Å². The molecule has 28 heavy (non-hydrogen) atoms. The molecule has 1 fully saturated rings. The molecule has 0 unspecified atom stereocenters. The van der Waals surface area contributed by atoms with Crippen LogP contribution in [-0.2, 0) is 12.6 Å². The number of hydrogen-bond acceptors (Lipinski definition) is 4. The van der Waals surface area contributed by atoms with Crippen LogP contribution in [-0.4, -0.2) is 35.0 Å². The summed E-state index contributed by atoms with van der Waals surface area (Å²) >= 11 is 0. The van der Waals surface area contributed by atoms with E-state index in [1.807, 2.05) is 0 Å². The zero-order chi connectivity index (χ0) is 20.5. The van der Waals surface area contributed by atoms with Crippen molar-refractivity contribution in [1.82, 2.24) is 15.3 Å².